The summed E-state index contributed by atoms with van der Waals surface area (Å²) in [4.78, 5) is 37.3. The van der Waals surface area contributed by atoms with Crippen molar-refractivity contribution in [2.45, 2.75) is 26.8 Å². The Labute approximate surface area is 224 Å². The number of aliphatic hydroxyl groups excluding tert-OH is 1. The monoisotopic (exact) mass is 529 g/mol. The molecule has 1 aliphatic rings. The van der Waals surface area contributed by atoms with E-state index in [1.54, 1.807) is 48.7 Å². The number of amides is 1. The van der Waals surface area contributed by atoms with Crippen molar-refractivity contribution in [3.05, 3.63) is 83.7 Å². The summed E-state index contributed by atoms with van der Waals surface area (Å²) < 4.78 is 12.2. The highest BCUT2D eigenvalue weighted by molar-refractivity contribution is 7.22. The van der Waals surface area contributed by atoms with Crippen LogP contribution in [0.5, 0.6) is 11.5 Å². The van der Waals surface area contributed by atoms with Crippen LogP contribution in [0.2, 0.25) is 0 Å². The molecule has 1 unspecified atom stereocenters. The normalized spacial score (nSPS) is 16.9. The van der Waals surface area contributed by atoms with Gasteiger partial charge in [-0.3, -0.25) is 19.5 Å². The first-order chi connectivity index (χ1) is 18.4. The first-order valence-corrected chi connectivity index (χ1v) is 13.2. The lowest BCUT2D eigenvalue weighted by Gasteiger charge is -2.22. The number of ketones is 1. The lowest BCUT2D eigenvalue weighted by molar-refractivity contribution is -0.132. The Morgan fingerprint density at radius 3 is 2.61 bits per heavy atom. The van der Waals surface area contributed by atoms with Crippen LogP contribution < -0.4 is 14.4 Å². The predicted octanol–water partition coefficient (Wildman–Crippen LogP) is 5.75. The number of thiazole rings is 1. The molecular formula is C29H27N3O5S. The number of carbonyl (C=O) groups excluding carboxylic acids is 2. The summed E-state index contributed by atoms with van der Waals surface area (Å²) in [5.41, 5.74) is 1.43. The third-order valence-corrected chi connectivity index (χ3v) is 6.99. The van der Waals surface area contributed by atoms with Crippen LogP contribution in [0.15, 0.2) is 72.4 Å². The third kappa shape index (κ3) is 4.84. The second-order valence-electron chi connectivity index (χ2n) is 9.22. The molecule has 4 aromatic rings. The molecule has 1 amide bonds. The van der Waals surface area contributed by atoms with Gasteiger partial charge >= 0.3 is 5.91 Å². The van der Waals surface area contributed by atoms with E-state index >= 15 is 0 Å². The Kier molecular flexibility index (Phi) is 7.11. The molecule has 9 heteroatoms. The molecule has 194 valence electrons. The summed E-state index contributed by atoms with van der Waals surface area (Å²) in [7, 11) is 0. The number of aromatic nitrogens is 2. The quantitative estimate of drug-likeness (QED) is 0.176. The molecule has 2 aromatic carbocycles. The Hall–Kier alpha value is -4.24. The van der Waals surface area contributed by atoms with Crippen LogP contribution in [0, 0.1) is 5.92 Å². The lowest BCUT2D eigenvalue weighted by atomic mass is 9.98. The van der Waals surface area contributed by atoms with Gasteiger partial charge in [0.1, 0.15) is 23.3 Å². The van der Waals surface area contributed by atoms with Crippen LogP contribution in [0.4, 0.5) is 5.13 Å². The number of anilines is 1. The standard InChI is InChI=1S/C29H27N3O5S/c1-4-36-20-11-12-21-23(15-20)38-29(31-21)32-25(22-10-5-6-13-30-22)24(27(34)28(32)35)26(33)18-8-7-9-19(14-18)37-16-17(2)3/h5-15,17,25,33H,4,16H2,1-3H3/b26-24+. The van der Waals surface area contributed by atoms with E-state index in [4.69, 9.17) is 9.47 Å². The third-order valence-electron chi connectivity index (χ3n) is 5.97. The minimum absolute atomic E-state index is 0.0519. The number of pyridine rings is 1. The molecule has 1 N–H and O–H groups in total. The number of aliphatic hydroxyl groups is 1. The molecule has 1 saturated heterocycles. The molecule has 1 atom stereocenters. The van der Waals surface area contributed by atoms with E-state index in [1.807, 2.05) is 39.0 Å². The summed E-state index contributed by atoms with van der Waals surface area (Å²) in [5, 5.41) is 11.7. The van der Waals surface area contributed by atoms with E-state index in [0.29, 0.717) is 52.5 Å². The van der Waals surface area contributed by atoms with Crippen LogP contribution in [0.3, 0.4) is 0 Å². The first kappa shape index (κ1) is 25.4. The van der Waals surface area contributed by atoms with E-state index in [2.05, 4.69) is 9.97 Å². The van der Waals surface area contributed by atoms with Crippen LogP contribution in [0.1, 0.15) is 38.1 Å². The van der Waals surface area contributed by atoms with Crippen molar-refractivity contribution in [2.24, 2.45) is 5.92 Å². The number of ether oxygens (including phenoxy) is 2. The average molecular weight is 530 g/mol. The minimum Gasteiger partial charge on any atom is -0.507 e. The smallest absolute Gasteiger partial charge is 0.301 e. The highest BCUT2D eigenvalue weighted by Crippen LogP contribution is 2.44. The molecule has 2 aromatic heterocycles. The Balaban J connectivity index is 1.62. The van der Waals surface area contributed by atoms with Crippen molar-refractivity contribution >= 4 is 44.1 Å². The molecule has 8 nitrogen and oxygen atoms in total. The lowest BCUT2D eigenvalue weighted by Crippen LogP contribution is -2.29. The van der Waals surface area contributed by atoms with E-state index < -0.39 is 17.7 Å². The fraction of sp³-hybridized carbons (Fsp3) is 0.241. The van der Waals surface area contributed by atoms with Crippen molar-refractivity contribution in [1.82, 2.24) is 9.97 Å². The average Bonchev–Trinajstić information content (AvgIpc) is 3.45. The summed E-state index contributed by atoms with van der Waals surface area (Å²) in [6.45, 7) is 7.01. The number of rotatable bonds is 8. The maximum absolute atomic E-state index is 13.4. The zero-order chi connectivity index (χ0) is 26.8. The molecule has 0 bridgehead atoms. The van der Waals surface area contributed by atoms with Gasteiger partial charge in [0, 0.05) is 11.8 Å². The topological polar surface area (TPSA) is 102 Å². The zero-order valence-electron chi connectivity index (χ0n) is 21.2. The SMILES string of the molecule is CCOc1ccc2nc(N3C(=O)C(=O)/C(=C(/O)c4cccc(OCC(C)C)c4)C3c3ccccn3)sc2c1. The Morgan fingerprint density at radius 2 is 1.87 bits per heavy atom. The fourth-order valence-electron chi connectivity index (χ4n) is 4.25. The summed E-state index contributed by atoms with van der Waals surface area (Å²) >= 11 is 1.27. The molecule has 0 aliphatic carbocycles. The van der Waals surface area contributed by atoms with Gasteiger partial charge in [-0.2, -0.15) is 0 Å². The van der Waals surface area contributed by atoms with Gasteiger partial charge in [0.2, 0.25) is 0 Å². The van der Waals surface area contributed by atoms with Crippen molar-refractivity contribution in [1.29, 1.82) is 0 Å². The van der Waals surface area contributed by atoms with E-state index in [-0.39, 0.29) is 11.3 Å². The number of hydrogen-bond acceptors (Lipinski definition) is 8. The Bertz CT molecular complexity index is 1530. The van der Waals surface area contributed by atoms with Crippen molar-refractivity contribution in [2.75, 3.05) is 18.1 Å². The number of Topliss-reactive ketones (excluding diaryl/α,β-unsaturated/α-hetero) is 1. The van der Waals surface area contributed by atoms with E-state index in [0.717, 1.165) is 4.70 Å². The van der Waals surface area contributed by atoms with Crippen LogP contribution in [-0.4, -0.2) is 40.0 Å². The molecule has 38 heavy (non-hydrogen) atoms. The Morgan fingerprint density at radius 1 is 1.05 bits per heavy atom. The number of hydrogen-bond donors (Lipinski definition) is 1. The number of nitrogens with zero attached hydrogens (tertiary/aromatic N) is 3. The number of benzene rings is 2. The zero-order valence-corrected chi connectivity index (χ0v) is 22.1. The molecular weight excluding hydrogens is 502 g/mol. The second kappa shape index (κ2) is 10.6. The molecule has 1 aliphatic heterocycles. The predicted molar refractivity (Wildman–Crippen MR) is 147 cm³/mol. The second-order valence-corrected chi connectivity index (χ2v) is 10.2. The summed E-state index contributed by atoms with van der Waals surface area (Å²) in [6.07, 6.45) is 1.59. The van der Waals surface area contributed by atoms with Crippen molar-refractivity contribution in [3.63, 3.8) is 0 Å². The largest absolute Gasteiger partial charge is 0.507 e. The fourth-order valence-corrected chi connectivity index (χ4v) is 5.27. The maximum Gasteiger partial charge on any atom is 0.301 e. The highest BCUT2D eigenvalue weighted by Gasteiger charge is 2.48. The van der Waals surface area contributed by atoms with Gasteiger partial charge in [-0.1, -0.05) is 43.4 Å². The molecule has 1 fully saturated rings. The molecule has 5 rings (SSSR count). The minimum atomic E-state index is -0.955. The molecule has 3 heterocycles. The van der Waals surface area contributed by atoms with Crippen molar-refractivity contribution < 1.29 is 24.2 Å². The summed E-state index contributed by atoms with van der Waals surface area (Å²) in [5.74, 6) is -0.309. The highest BCUT2D eigenvalue weighted by atomic mass is 32.1. The van der Waals surface area contributed by atoms with Gasteiger partial charge in [-0.25, -0.2) is 4.98 Å². The van der Waals surface area contributed by atoms with Gasteiger partial charge in [-0.05, 0) is 55.3 Å². The first-order valence-electron chi connectivity index (χ1n) is 12.4. The van der Waals surface area contributed by atoms with Crippen LogP contribution in [0.25, 0.3) is 16.0 Å². The maximum atomic E-state index is 13.4. The molecule has 0 radical (unpaired) electrons. The number of fused-ring (bicyclic) bond motifs is 1. The van der Waals surface area contributed by atoms with Gasteiger partial charge in [-0.15, -0.1) is 0 Å². The van der Waals surface area contributed by atoms with Crippen molar-refractivity contribution in [3.8, 4) is 11.5 Å². The van der Waals surface area contributed by atoms with Crippen LogP contribution in [-0.2, 0) is 9.59 Å². The van der Waals surface area contributed by atoms with E-state index in [9.17, 15) is 14.7 Å². The molecule has 0 saturated carbocycles. The van der Waals surface area contributed by atoms with Gasteiger partial charge < -0.3 is 14.6 Å². The van der Waals surface area contributed by atoms with Crippen LogP contribution >= 0.6 is 11.3 Å². The van der Waals surface area contributed by atoms with Gasteiger partial charge in [0.15, 0.2) is 5.13 Å². The van der Waals surface area contributed by atoms with E-state index in [1.165, 1.54) is 16.2 Å². The molecule has 0 spiro atoms. The number of carbonyl (C=O) groups is 2. The summed E-state index contributed by atoms with van der Waals surface area (Å²) in [6, 6.07) is 16.6. The van der Waals surface area contributed by atoms with Gasteiger partial charge in [0.25, 0.3) is 5.78 Å². The van der Waals surface area contributed by atoms with Gasteiger partial charge in [0.05, 0.1) is 34.7 Å².